The van der Waals surface area contributed by atoms with Crippen LogP contribution >= 0.6 is 34.3 Å². The molecule has 4 nitrogen and oxygen atoms in total. The summed E-state index contributed by atoms with van der Waals surface area (Å²) in [5.41, 5.74) is 0.973. The first-order valence-corrected chi connectivity index (χ1v) is 8.61. The molecule has 3 aromatic heterocycles. The third-order valence-corrected chi connectivity index (χ3v) is 4.93. The van der Waals surface area contributed by atoms with E-state index in [2.05, 4.69) is 5.32 Å². The summed E-state index contributed by atoms with van der Waals surface area (Å²) in [6, 6.07) is 8.78. The molecule has 0 bridgehead atoms. The number of aliphatic hydroxyl groups is 1. The molecule has 3 rings (SSSR count). The Morgan fingerprint density at radius 3 is 2.86 bits per heavy atom. The topological polar surface area (TPSA) is 62.5 Å². The lowest BCUT2D eigenvalue weighted by Gasteiger charge is -2.08. The van der Waals surface area contributed by atoms with Crippen LogP contribution in [-0.2, 0) is 0 Å². The first kappa shape index (κ1) is 15.3. The zero-order valence-electron chi connectivity index (χ0n) is 11.3. The minimum absolute atomic E-state index is 0.0743. The van der Waals surface area contributed by atoms with Crippen molar-refractivity contribution >= 4 is 40.2 Å². The predicted octanol–water partition coefficient (Wildman–Crippen LogP) is 4.19. The lowest BCUT2D eigenvalue weighted by molar-refractivity contribution is 0.0905. The molecule has 3 heterocycles. The monoisotopic (exact) mass is 353 g/mol. The van der Waals surface area contributed by atoms with Gasteiger partial charge in [0, 0.05) is 10.9 Å². The van der Waals surface area contributed by atoms with E-state index >= 15 is 0 Å². The molecule has 3 aromatic rings. The third kappa shape index (κ3) is 3.41. The van der Waals surface area contributed by atoms with Gasteiger partial charge < -0.3 is 14.8 Å². The quantitative estimate of drug-likeness (QED) is 0.723. The largest absolute Gasteiger partial charge is 0.458 e. The summed E-state index contributed by atoms with van der Waals surface area (Å²) in [7, 11) is 0. The van der Waals surface area contributed by atoms with Gasteiger partial charge in [-0.3, -0.25) is 4.79 Å². The van der Waals surface area contributed by atoms with Crippen LogP contribution in [0.3, 0.4) is 0 Å². The van der Waals surface area contributed by atoms with Gasteiger partial charge in [0.1, 0.15) is 17.6 Å². The minimum atomic E-state index is -0.897. The lowest BCUT2D eigenvalue weighted by atomic mass is 10.2. The molecule has 0 aliphatic rings. The number of nitrogens with one attached hydrogen (secondary N) is 1. The highest BCUT2D eigenvalue weighted by Gasteiger charge is 2.16. The summed E-state index contributed by atoms with van der Waals surface area (Å²) in [6.45, 7) is 0.0743. The Kier molecular flexibility index (Phi) is 4.63. The molecule has 0 saturated heterocycles. The van der Waals surface area contributed by atoms with Gasteiger partial charge in [-0.2, -0.15) is 11.3 Å². The molecule has 1 amide bonds. The molecule has 0 saturated carbocycles. The van der Waals surface area contributed by atoms with Gasteiger partial charge in [-0.15, -0.1) is 11.3 Å². The van der Waals surface area contributed by atoms with E-state index in [9.17, 15) is 9.90 Å². The first-order valence-electron chi connectivity index (χ1n) is 6.47. The number of hydrogen-bond donors (Lipinski definition) is 2. The Morgan fingerprint density at radius 1 is 1.32 bits per heavy atom. The van der Waals surface area contributed by atoms with Crippen molar-refractivity contribution in [3.05, 3.63) is 56.1 Å². The SMILES string of the molecule is O=C(NC[C@H](O)c1ccc(-c2ccsc2)o1)c1ccc(Cl)s1. The van der Waals surface area contributed by atoms with Crippen LogP contribution < -0.4 is 5.32 Å². The zero-order valence-corrected chi connectivity index (χ0v) is 13.7. The molecule has 1 atom stereocenters. The molecule has 0 unspecified atom stereocenters. The van der Waals surface area contributed by atoms with Crippen molar-refractivity contribution < 1.29 is 14.3 Å². The van der Waals surface area contributed by atoms with Gasteiger partial charge >= 0.3 is 0 Å². The van der Waals surface area contributed by atoms with Crippen molar-refractivity contribution in [2.24, 2.45) is 0 Å². The van der Waals surface area contributed by atoms with E-state index in [0.717, 1.165) is 5.56 Å². The van der Waals surface area contributed by atoms with Gasteiger partial charge in [0.2, 0.25) is 0 Å². The number of halogens is 1. The lowest BCUT2D eigenvalue weighted by Crippen LogP contribution is -2.27. The summed E-state index contributed by atoms with van der Waals surface area (Å²) in [4.78, 5) is 12.4. The summed E-state index contributed by atoms with van der Waals surface area (Å²) >= 11 is 8.56. The summed E-state index contributed by atoms with van der Waals surface area (Å²) in [5, 5.41) is 16.7. The fraction of sp³-hybridized carbons (Fsp3) is 0.133. The zero-order chi connectivity index (χ0) is 15.5. The maximum Gasteiger partial charge on any atom is 0.261 e. The molecule has 0 aliphatic heterocycles. The molecule has 0 fully saturated rings. The van der Waals surface area contributed by atoms with Crippen LogP contribution in [0.2, 0.25) is 4.34 Å². The molecule has 114 valence electrons. The fourth-order valence-electron chi connectivity index (χ4n) is 1.91. The second-order valence-corrected chi connectivity index (χ2v) is 7.04. The second kappa shape index (κ2) is 6.66. The van der Waals surface area contributed by atoms with Gasteiger partial charge in [0.25, 0.3) is 5.91 Å². The van der Waals surface area contributed by atoms with Gasteiger partial charge in [-0.1, -0.05) is 11.6 Å². The van der Waals surface area contributed by atoms with E-state index in [-0.39, 0.29) is 12.5 Å². The predicted molar refractivity (Wildman–Crippen MR) is 88.6 cm³/mol. The highest BCUT2D eigenvalue weighted by Crippen LogP contribution is 2.27. The molecule has 0 aromatic carbocycles. The van der Waals surface area contributed by atoms with Gasteiger partial charge in [-0.05, 0) is 35.7 Å². The second-order valence-electron chi connectivity index (χ2n) is 4.54. The highest BCUT2D eigenvalue weighted by molar-refractivity contribution is 7.18. The van der Waals surface area contributed by atoms with Crippen molar-refractivity contribution in [3.8, 4) is 11.3 Å². The number of carbonyl (C=O) groups excluding carboxylic acids is 1. The fourth-order valence-corrected chi connectivity index (χ4v) is 3.51. The smallest absolute Gasteiger partial charge is 0.261 e. The van der Waals surface area contributed by atoms with Gasteiger partial charge in [0.15, 0.2) is 0 Å². The molecular weight excluding hydrogens is 342 g/mol. The van der Waals surface area contributed by atoms with Crippen LogP contribution in [0.5, 0.6) is 0 Å². The number of aliphatic hydroxyl groups excluding tert-OH is 1. The van der Waals surface area contributed by atoms with Crippen molar-refractivity contribution in [2.45, 2.75) is 6.10 Å². The Hall–Kier alpha value is -1.60. The molecule has 7 heteroatoms. The Labute approximate surface area is 140 Å². The molecule has 0 spiro atoms. The Bertz CT molecular complexity index is 763. The van der Waals surface area contributed by atoms with Crippen molar-refractivity contribution in [1.29, 1.82) is 0 Å². The number of rotatable bonds is 5. The number of amides is 1. The van der Waals surface area contributed by atoms with Crippen LogP contribution in [0.25, 0.3) is 11.3 Å². The first-order chi connectivity index (χ1) is 10.6. The third-order valence-electron chi connectivity index (χ3n) is 3.01. The molecule has 0 aliphatic carbocycles. The molecule has 0 radical (unpaired) electrons. The molecule has 2 N–H and O–H groups in total. The van der Waals surface area contributed by atoms with Gasteiger partial charge in [-0.25, -0.2) is 0 Å². The van der Waals surface area contributed by atoms with E-state index in [1.54, 1.807) is 29.5 Å². The summed E-state index contributed by atoms with van der Waals surface area (Å²) in [6.07, 6.45) is -0.897. The maximum absolute atomic E-state index is 11.9. The van der Waals surface area contributed by atoms with Crippen molar-refractivity contribution in [3.63, 3.8) is 0 Å². The Morgan fingerprint density at radius 2 is 2.18 bits per heavy atom. The van der Waals surface area contributed by atoms with E-state index in [1.165, 1.54) is 11.3 Å². The van der Waals surface area contributed by atoms with E-state index in [4.69, 9.17) is 16.0 Å². The number of furan rings is 1. The van der Waals surface area contributed by atoms with Crippen LogP contribution in [0.15, 0.2) is 45.5 Å². The average Bonchev–Trinajstić information content (AvgIpc) is 3.23. The molecule has 22 heavy (non-hydrogen) atoms. The van der Waals surface area contributed by atoms with Crippen LogP contribution in [0, 0.1) is 0 Å². The van der Waals surface area contributed by atoms with Crippen LogP contribution in [0.1, 0.15) is 21.5 Å². The van der Waals surface area contributed by atoms with Gasteiger partial charge in [0.05, 0.1) is 15.8 Å². The van der Waals surface area contributed by atoms with Crippen LogP contribution in [-0.4, -0.2) is 17.6 Å². The highest BCUT2D eigenvalue weighted by atomic mass is 35.5. The minimum Gasteiger partial charge on any atom is -0.458 e. The normalized spacial score (nSPS) is 12.3. The average molecular weight is 354 g/mol. The van der Waals surface area contributed by atoms with Crippen molar-refractivity contribution in [1.82, 2.24) is 5.32 Å². The van der Waals surface area contributed by atoms with E-state index in [1.807, 2.05) is 22.9 Å². The summed E-state index contributed by atoms with van der Waals surface area (Å²) < 4.78 is 6.17. The Balaban J connectivity index is 1.60. The molecular formula is C15H12ClNO3S2. The number of hydrogen-bond acceptors (Lipinski definition) is 5. The number of carbonyl (C=O) groups is 1. The standard InChI is InChI=1S/C15H12ClNO3S2/c16-14-4-3-13(22-14)15(19)17-7-10(18)12-2-1-11(20-12)9-5-6-21-8-9/h1-6,8,10,18H,7H2,(H,17,19)/t10-/m0/s1. The van der Waals surface area contributed by atoms with E-state index < -0.39 is 6.10 Å². The van der Waals surface area contributed by atoms with E-state index in [0.29, 0.717) is 20.7 Å². The maximum atomic E-state index is 11.9. The van der Waals surface area contributed by atoms with Crippen molar-refractivity contribution in [2.75, 3.05) is 6.54 Å². The summed E-state index contributed by atoms with van der Waals surface area (Å²) in [5.74, 6) is 0.859. The van der Waals surface area contributed by atoms with Crippen LogP contribution in [0.4, 0.5) is 0 Å². The number of thiophene rings is 2.